The van der Waals surface area contributed by atoms with Gasteiger partial charge in [-0.05, 0) is 74.4 Å². The Morgan fingerprint density at radius 2 is 1.74 bits per heavy atom. The Morgan fingerprint density at radius 3 is 2.36 bits per heavy atom. The molecule has 3 unspecified atom stereocenters. The van der Waals surface area contributed by atoms with Crippen LogP contribution in [0.3, 0.4) is 0 Å². The number of carbonyl (C=O) groups is 3. The fourth-order valence-electron chi connectivity index (χ4n) is 8.17. The minimum Gasteiger partial charge on any atom is -0.458 e. The molecule has 0 aromatic carbocycles. The largest absolute Gasteiger partial charge is 0.458 e. The molecule has 2 N–H and O–H groups in total. The van der Waals surface area contributed by atoms with Crippen LogP contribution in [0.5, 0.6) is 0 Å². The molecule has 4 rings (SSSR count). The molecule has 4 aliphatic rings. The summed E-state index contributed by atoms with van der Waals surface area (Å²) in [7, 11) is 3.76. The molecule has 3 saturated heterocycles. The van der Waals surface area contributed by atoms with E-state index >= 15 is 0 Å². The number of fused-ring (bicyclic) bond motifs is 1. The number of aliphatic hydroxyl groups excluding tert-OH is 2. The lowest BCUT2D eigenvalue weighted by Gasteiger charge is -2.47. The van der Waals surface area contributed by atoms with Gasteiger partial charge in [0.25, 0.3) is 0 Å². The molecule has 0 aliphatic carbocycles. The number of esters is 1. The van der Waals surface area contributed by atoms with Crippen LogP contribution in [0.4, 0.5) is 4.79 Å². The first kappa shape index (κ1) is 37.7. The van der Waals surface area contributed by atoms with Gasteiger partial charge in [-0.2, -0.15) is 0 Å². The highest BCUT2D eigenvalue weighted by Crippen LogP contribution is 2.43. The summed E-state index contributed by atoms with van der Waals surface area (Å²) in [5.74, 6) is -3.82. The molecular weight excluding hydrogens is 610 g/mol. The summed E-state index contributed by atoms with van der Waals surface area (Å²) in [4.78, 5) is 49.5. The van der Waals surface area contributed by atoms with Crippen LogP contribution in [0.25, 0.3) is 0 Å². The number of nitrogens with zero attached hydrogens (tertiary/aromatic N) is 3. The van der Waals surface area contributed by atoms with E-state index in [1.165, 1.54) is 6.92 Å². The number of aliphatic hydroxyl groups is 2. The van der Waals surface area contributed by atoms with Crippen LogP contribution in [-0.4, -0.2) is 137 Å². The van der Waals surface area contributed by atoms with Crippen molar-refractivity contribution in [2.45, 2.75) is 135 Å². The SMILES string of the molecule is CC(O)CO[C@@]1(C)C[C@@H](C)C2=NCCN3C(=O)O[C@@](C)(C3[C@H]2C)[C@@H](C)OC(=O)[C@H](C)C(=O)[C@H](C)[C@H]1O[C@H]1O[C@@H](C)C[C@@H](N(C)C)C1O. The zero-order valence-electron chi connectivity index (χ0n) is 30.0. The first-order valence-electron chi connectivity index (χ1n) is 17.1. The molecule has 0 aromatic rings. The molecule has 0 spiro atoms. The average Bonchev–Trinajstić information content (AvgIpc) is 3.12. The van der Waals surface area contributed by atoms with Gasteiger partial charge in [0.2, 0.25) is 0 Å². The number of ether oxygens (including phenoxy) is 5. The Bertz CT molecular complexity index is 1200. The fraction of sp³-hybridized carbons (Fsp3) is 0.882. The van der Waals surface area contributed by atoms with E-state index in [1.54, 1.807) is 32.6 Å². The van der Waals surface area contributed by atoms with E-state index in [1.807, 2.05) is 46.7 Å². The van der Waals surface area contributed by atoms with Crippen molar-refractivity contribution in [2.75, 3.05) is 33.8 Å². The number of ketones is 1. The van der Waals surface area contributed by atoms with Crippen molar-refractivity contribution in [1.29, 1.82) is 0 Å². The van der Waals surface area contributed by atoms with Crippen molar-refractivity contribution in [3.8, 4) is 0 Å². The van der Waals surface area contributed by atoms with E-state index in [-0.39, 0.29) is 30.6 Å². The van der Waals surface area contributed by atoms with Gasteiger partial charge >= 0.3 is 12.1 Å². The van der Waals surface area contributed by atoms with Gasteiger partial charge in [0, 0.05) is 30.1 Å². The number of aliphatic imine (C=N–C) groups is 1. The van der Waals surface area contributed by atoms with E-state index in [0.29, 0.717) is 25.9 Å². The Hall–Kier alpha value is -2.16. The van der Waals surface area contributed by atoms with Crippen LogP contribution < -0.4 is 0 Å². The molecule has 13 heteroatoms. The van der Waals surface area contributed by atoms with Crippen molar-refractivity contribution in [3.63, 3.8) is 0 Å². The number of likely N-dealkylation sites (N-methyl/N-ethyl adjacent to an activating group) is 1. The minimum atomic E-state index is -1.23. The van der Waals surface area contributed by atoms with Gasteiger partial charge < -0.3 is 38.8 Å². The molecule has 14 atom stereocenters. The number of cyclic esters (lactones) is 1. The third-order valence-corrected chi connectivity index (χ3v) is 10.9. The van der Waals surface area contributed by atoms with E-state index < -0.39 is 77.6 Å². The molecule has 0 aromatic heterocycles. The highest BCUT2D eigenvalue weighted by atomic mass is 16.7. The molecule has 3 fully saturated rings. The van der Waals surface area contributed by atoms with Gasteiger partial charge in [0.05, 0.1) is 43.1 Å². The first-order chi connectivity index (χ1) is 21.8. The topological polar surface area (TPSA) is 157 Å². The van der Waals surface area contributed by atoms with Crippen LogP contribution in [0.2, 0.25) is 0 Å². The molecule has 1 amide bonds. The predicted molar refractivity (Wildman–Crippen MR) is 173 cm³/mol. The molecular formula is C34H57N3O10. The van der Waals surface area contributed by atoms with Gasteiger partial charge in [-0.15, -0.1) is 0 Å². The molecule has 268 valence electrons. The third-order valence-electron chi connectivity index (χ3n) is 10.9. The summed E-state index contributed by atoms with van der Waals surface area (Å²) < 4.78 is 31.2. The molecule has 0 saturated carbocycles. The van der Waals surface area contributed by atoms with Crippen molar-refractivity contribution in [1.82, 2.24) is 9.80 Å². The van der Waals surface area contributed by atoms with E-state index in [4.69, 9.17) is 28.7 Å². The number of amides is 1. The summed E-state index contributed by atoms with van der Waals surface area (Å²) in [6.07, 6.45) is -4.66. The summed E-state index contributed by atoms with van der Waals surface area (Å²) in [6, 6.07) is -0.747. The van der Waals surface area contributed by atoms with Crippen LogP contribution in [0, 0.1) is 23.7 Å². The van der Waals surface area contributed by atoms with Crippen molar-refractivity contribution < 1.29 is 48.3 Å². The molecule has 2 bridgehead atoms. The van der Waals surface area contributed by atoms with Crippen LogP contribution in [0.15, 0.2) is 4.99 Å². The summed E-state index contributed by atoms with van der Waals surface area (Å²) >= 11 is 0. The van der Waals surface area contributed by atoms with Crippen molar-refractivity contribution >= 4 is 23.6 Å². The van der Waals surface area contributed by atoms with Gasteiger partial charge in [0.15, 0.2) is 17.7 Å². The Morgan fingerprint density at radius 1 is 1.09 bits per heavy atom. The van der Waals surface area contributed by atoms with Crippen LogP contribution >= 0.6 is 0 Å². The smallest absolute Gasteiger partial charge is 0.410 e. The van der Waals surface area contributed by atoms with Gasteiger partial charge in [-0.3, -0.25) is 19.5 Å². The third kappa shape index (κ3) is 7.40. The fourth-order valence-corrected chi connectivity index (χ4v) is 8.17. The standard InChI is InChI=1S/C34H57N3O10/c1-17-15-33(8,43-16-18(2)38)29(46-31-27(40)24(36(10)11)14-19(3)44-31)21(5)26(39)22(6)30(41)45-23(7)34(9)28-20(4)25(17)35-12-13-37(28)32(42)47-34/h17-24,27-29,31,38,40H,12-16H2,1-11H3/t17-,18?,19+,20+,21+,22-,23-,24-,27?,28?,29-,31-,33+,34-/m1/s1. The molecule has 47 heavy (non-hydrogen) atoms. The summed E-state index contributed by atoms with van der Waals surface area (Å²) in [6.45, 7) is 16.7. The lowest BCUT2D eigenvalue weighted by molar-refractivity contribution is -0.298. The maximum absolute atomic E-state index is 14.2. The highest BCUT2D eigenvalue weighted by Gasteiger charge is 2.59. The Labute approximate surface area is 279 Å². The Kier molecular flexibility index (Phi) is 11.5. The maximum Gasteiger partial charge on any atom is 0.410 e. The number of rotatable bonds is 6. The predicted octanol–water partition coefficient (Wildman–Crippen LogP) is 2.44. The lowest BCUT2D eigenvalue weighted by Crippen LogP contribution is -2.60. The van der Waals surface area contributed by atoms with Gasteiger partial charge in [-0.25, -0.2) is 4.79 Å². The molecule has 0 radical (unpaired) electrons. The zero-order valence-corrected chi connectivity index (χ0v) is 30.0. The van der Waals surface area contributed by atoms with Gasteiger partial charge in [-0.1, -0.05) is 20.8 Å². The van der Waals surface area contributed by atoms with Crippen LogP contribution in [0.1, 0.15) is 75.2 Å². The maximum atomic E-state index is 14.2. The zero-order chi connectivity index (χ0) is 35.2. The minimum absolute atomic E-state index is 0.0528. The highest BCUT2D eigenvalue weighted by molar-refractivity contribution is 6.00. The molecule has 4 aliphatic heterocycles. The Balaban J connectivity index is 1.84. The van der Waals surface area contributed by atoms with Gasteiger partial charge in [0.1, 0.15) is 18.1 Å². The van der Waals surface area contributed by atoms with E-state index in [9.17, 15) is 24.6 Å². The number of Topliss-reactive ketones (excluding diaryl/α,β-unsaturated/α-hetero) is 1. The summed E-state index contributed by atoms with van der Waals surface area (Å²) in [5.41, 5.74) is -1.59. The lowest BCUT2D eigenvalue weighted by atomic mass is 9.73. The number of hydrogen-bond acceptors (Lipinski definition) is 12. The van der Waals surface area contributed by atoms with E-state index in [0.717, 1.165) is 5.71 Å². The van der Waals surface area contributed by atoms with Crippen molar-refractivity contribution in [3.05, 3.63) is 0 Å². The normalized spacial score (nSPS) is 44.3. The monoisotopic (exact) mass is 667 g/mol. The summed E-state index contributed by atoms with van der Waals surface area (Å²) in [5, 5.41) is 21.8. The van der Waals surface area contributed by atoms with Crippen molar-refractivity contribution in [2.24, 2.45) is 28.7 Å². The molecule has 4 heterocycles. The van der Waals surface area contributed by atoms with Crippen LogP contribution in [-0.2, 0) is 33.3 Å². The second-order valence-electron chi connectivity index (χ2n) is 15.0. The first-order valence-corrected chi connectivity index (χ1v) is 17.1. The molecule has 13 nitrogen and oxygen atoms in total. The number of carbonyl (C=O) groups excluding carboxylic acids is 3. The van der Waals surface area contributed by atoms with E-state index in [2.05, 4.69) is 0 Å². The number of hydrogen-bond donors (Lipinski definition) is 2. The average molecular weight is 668 g/mol. The second-order valence-corrected chi connectivity index (χ2v) is 15.0. The quantitative estimate of drug-likeness (QED) is 0.317. The second kappa shape index (κ2) is 14.4.